The van der Waals surface area contributed by atoms with Crippen LogP contribution < -0.4 is 10.6 Å². The van der Waals surface area contributed by atoms with Gasteiger partial charge < -0.3 is 35.4 Å². The van der Waals surface area contributed by atoms with Gasteiger partial charge in [-0.15, -0.1) is 0 Å². The number of halogens is 1. The highest BCUT2D eigenvalue weighted by molar-refractivity contribution is 6.01. The van der Waals surface area contributed by atoms with Gasteiger partial charge in [-0.2, -0.15) is 0 Å². The summed E-state index contributed by atoms with van der Waals surface area (Å²) in [6.45, 7) is 2.13. The van der Waals surface area contributed by atoms with Crippen LogP contribution in [-0.4, -0.2) is 111 Å². The van der Waals surface area contributed by atoms with Crippen molar-refractivity contribution in [3.05, 3.63) is 23.8 Å². The average Bonchev–Trinajstić information content (AvgIpc) is 3.18. The number of amides is 2. The summed E-state index contributed by atoms with van der Waals surface area (Å²) in [6, 6.07) is 0. The van der Waals surface area contributed by atoms with Crippen molar-refractivity contribution in [2.75, 3.05) is 32.9 Å². The van der Waals surface area contributed by atoms with Crippen molar-refractivity contribution >= 4 is 23.8 Å². The molecule has 2 amide bonds. The van der Waals surface area contributed by atoms with Crippen LogP contribution in [0.1, 0.15) is 52.4 Å². The molecule has 4 aliphatic carbocycles. The molecule has 252 valence electrons. The minimum absolute atomic E-state index is 0.0230. The average molecular weight is 644 g/mol. The Balaban J connectivity index is 1.29. The lowest BCUT2D eigenvalue weighted by molar-refractivity contribution is -0.492. The fourth-order valence-electron chi connectivity index (χ4n) is 7.93. The van der Waals surface area contributed by atoms with E-state index < -0.39 is 76.1 Å². The van der Waals surface area contributed by atoms with E-state index in [1.54, 1.807) is 6.92 Å². The number of rotatable bonds is 12. The molecule has 8 atom stereocenters. The van der Waals surface area contributed by atoms with E-state index >= 15 is 4.39 Å². The number of alkyl carbamates (subject to hydrolysis) is 2. The Bertz CT molecular complexity index is 1230. The molecule has 4 rings (SSSR count). The number of hydrogen-bond donors (Lipinski definition) is 7. The minimum atomic E-state index is -2.43. The van der Waals surface area contributed by atoms with E-state index in [0.717, 1.165) is 0 Å². The van der Waals surface area contributed by atoms with Crippen molar-refractivity contribution in [1.82, 2.24) is 16.0 Å². The molecular weight excluding hydrogens is 601 g/mol. The number of Topliss-reactive ketones (excluding diaryl/α,β-unsaturated/α-hetero) is 1. The molecule has 0 aromatic heterocycles. The molecule has 16 heteroatoms. The van der Waals surface area contributed by atoms with E-state index in [2.05, 4.69) is 15.5 Å². The van der Waals surface area contributed by atoms with Gasteiger partial charge in [0.15, 0.2) is 23.7 Å². The lowest BCUT2D eigenvalue weighted by atomic mass is 9.44. The second-order valence-electron chi connectivity index (χ2n) is 12.6. The molecule has 0 aromatic rings. The third-order valence-electron chi connectivity index (χ3n) is 10.3. The van der Waals surface area contributed by atoms with Crippen molar-refractivity contribution in [2.24, 2.45) is 22.7 Å². The van der Waals surface area contributed by atoms with Gasteiger partial charge in [-0.1, -0.05) is 18.6 Å². The van der Waals surface area contributed by atoms with Crippen LogP contribution in [0, 0.1) is 22.7 Å². The maximum atomic E-state index is 17.2. The smallest absolute Gasteiger partial charge is 0.407 e. The van der Waals surface area contributed by atoms with Crippen molar-refractivity contribution in [3.8, 4) is 0 Å². The molecule has 0 aliphatic heterocycles. The van der Waals surface area contributed by atoms with Gasteiger partial charge in [0.1, 0.15) is 6.61 Å². The number of hydrogen-bond acceptors (Lipinski definition) is 13. The molecule has 0 unspecified atom stereocenters. The van der Waals surface area contributed by atoms with E-state index in [1.807, 2.05) is 0 Å². The first kappa shape index (κ1) is 34.9. The maximum absolute atomic E-state index is 17.2. The van der Waals surface area contributed by atoms with Crippen LogP contribution in [0.2, 0.25) is 0 Å². The zero-order chi connectivity index (χ0) is 33.2. The number of aliphatic hydroxyl groups excluding tert-OH is 2. The number of nitrogens with zero attached hydrogens (tertiary/aromatic N) is 1. The number of ether oxygens (including phenoxy) is 2. The van der Waals surface area contributed by atoms with Crippen LogP contribution >= 0.6 is 0 Å². The van der Waals surface area contributed by atoms with E-state index in [-0.39, 0.29) is 51.3 Å². The first-order valence-corrected chi connectivity index (χ1v) is 15.0. The van der Waals surface area contributed by atoms with Gasteiger partial charge in [0.05, 0.1) is 30.7 Å². The summed E-state index contributed by atoms with van der Waals surface area (Å²) in [5, 5.41) is 55.2. The van der Waals surface area contributed by atoms with E-state index in [0.29, 0.717) is 24.8 Å². The Kier molecular flexibility index (Phi) is 10.4. The van der Waals surface area contributed by atoms with Gasteiger partial charge in [-0.3, -0.25) is 24.8 Å². The number of allylic oxidation sites excluding steroid dienone is 4. The SMILES string of the molecule is C[C@]12C=CC(=O)C=C1CC[C@H]1[C@@H]3C[C@@H](O)[C@](O)(C(=O)COC(=O)NCCOC(=O)NCCCCON(O)O)[C@@]3(C)C[C@H](O)[C@@]12F. The number of fused-ring (bicyclic) bond motifs is 5. The number of ketones is 2. The number of carbonyl (C=O) groups excluding carboxylic acids is 4. The Morgan fingerprint density at radius 1 is 1.02 bits per heavy atom. The predicted molar refractivity (Wildman–Crippen MR) is 149 cm³/mol. The Morgan fingerprint density at radius 2 is 1.71 bits per heavy atom. The summed E-state index contributed by atoms with van der Waals surface area (Å²) < 4.78 is 27.1. The van der Waals surface area contributed by atoms with Crippen LogP contribution in [0.3, 0.4) is 0 Å². The first-order chi connectivity index (χ1) is 21.1. The highest BCUT2D eigenvalue weighted by atomic mass is 19.1. The van der Waals surface area contributed by atoms with E-state index in [9.17, 15) is 34.5 Å². The van der Waals surface area contributed by atoms with E-state index in [1.165, 1.54) is 25.2 Å². The van der Waals surface area contributed by atoms with Crippen LogP contribution in [-0.2, 0) is 23.9 Å². The Hall–Kier alpha value is -2.99. The number of carbonyl (C=O) groups is 4. The molecule has 0 saturated heterocycles. The normalized spacial score (nSPS) is 36.8. The van der Waals surface area contributed by atoms with Gasteiger partial charge in [-0.05, 0) is 63.5 Å². The second kappa shape index (κ2) is 13.4. The molecule has 3 saturated carbocycles. The van der Waals surface area contributed by atoms with Crippen molar-refractivity contribution < 1.29 is 63.6 Å². The standard InChI is InChI=1S/C29H42FN3O12/c1-26-8-7-18(34)13-17(26)5-6-19-20-14-21(35)29(40,27(20,2)15-22(36)28(19,26)30)23(37)16-44-25(39)32-10-12-43-24(38)31-9-3-4-11-45-33(41)42/h7-8,13,19-22,35-36,40-42H,3-6,9-12,14-16H2,1-2H3,(H,31,38)(H,32,39)/t19-,20-,21+,22-,26-,27-,28-,29-/m0/s1. The zero-order valence-corrected chi connectivity index (χ0v) is 25.2. The van der Waals surface area contributed by atoms with Crippen molar-refractivity contribution in [2.45, 2.75) is 75.9 Å². The maximum Gasteiger partial charge on any atom is 0.407 e. The summed E-state index contributed by atoms with van der Waals surface area (Å²) in [7, 11) is 0. The number of unbranched alkanes of at least 4 members (excludes halogenated alkanes) is 1. The molecule has 3 fully saturated rings. The van der Waals surface area contributed by atoms with Crippen LogP contribution in [0.25, 0.3) is 0 Å². The summed E-state index contributed by atoms with van der Waals surface area (Å²) in [5.41, 5.74) is -6.78. The largest absolute Gasteiger partial charge is 0.448 e. The molecule has 0 aromatic carbocycles. The van der Waals surface area contributed by atoms with Gasteiger partial charge in [0.25, 0.3) is 0 Å². The highest BCUT2D eigenvalue weighted by Gasteiger charge is 2.76. The lowest BCUT2D eigenvalue weighted by Gasteiger charge is -2.62. The van der Waals surface area contributed by atoms with Gasteiger partial charge in [-0.25, -0.2) is 14.0 Å². The minimum Gasteiger partial charge on any atom is -0.448 e. The van der Waals surface area contributed by atoms with Gasteiger partial charge in [0.2, 0.25) is 5.78 Å². The molecule has 0 bridgehead atoms. The van der Waals surface area contributed by atoms with Crippen LogP contribution in [0.5, 0.6) is 0 Å². The van der Waals surface area contributed by atoms with Crippen molar-refractivity contribution in [1.29, 1.82) is 0 Å². The van der Waals surface area contributed by atoms with Gasteiger partial charge >= 0.3 is 12.2 Å². The number of aliphatic hydroxyl groups is 3. The second-order valence-corrected chi connectivity index (χ2v) is 12.6. The lowest BCUT2D eigenvalue weighted by Crippen LogP contribution is -2.69. The molecule has 15 nitrogen and oxygen atoms in total. The topological polar surface area (TPSA) is 224 Å². The fourth-order valence-corrected chi connectivity index (χ4v) is 7.93. The molecular formula is C29H42FN3O12. The summed E-state index contributed by atoms with van der Waals surface area (Å²) >= 11 is 0. The molecule has 45 heavy (non-hydrogen) atoms. The number of nitrogens with one attached hydrogen (secondary N) is 2. The first-order valence-electron chi connectivity index (χ1n) is 15.0. The quantitative estimate of drug-likeness (QED) is 0.116. The molecule has 0 radical (unpaired) electrons. The zero-order valence-electron chi connectivity index (χ0n) is 25.2. The monoisotopic (exact) mass is 643 g/mol. The van der Waals surface area contributed by atoms with Crippen LogP contribution in [0.4, 0.5) is 14.0 Å². The summed E-state index contributed by atoms with van der Waals surface area (Å²) in [4.78, 5) is 53.6. The third-order valence-corrected chi connectivity index (χ3v) is 10.3. The molecule has 0 spiro atoms. The van der Waals surface area contributed by atoms with Crippen molar-refractivity contribution in [3.63, 3.8) is 0 Å². The summed E-state index contributed by atoms with van der Waals surface area (Å²) in [5.74, 6) is -2.78. The molecule has 7 N–H and O–H groups in total. The molecule has 4 aliphatic rings. The Morgan fingerprint density at radius 3 is 2.42 bits per heavy atom. The van der Waals surface area contributed by atoms with E-state index in [4.69, 9.17) is 19.9 Å². The third kappa shape index (κ3) is 6.24. The van der Waals surface area contributed by atoms with Gasteiger partial charge in [0, 0.05) is 23.3 Å². The highest BCUT2D eigenvalue weighted by Crippen LogP contribution is 2.69. The fraction of sp³-hybridized carbons (Fsp3) is 0.724. The van der Waals surface area contributed by atoms with Crippen LogP contribution in [0.15, 0.2) is 23.8 Å². The Labute approximate surface area is 258 Å². The number of alkyl halides is 1. The summed E-state index contributed by atoms with van der Waals surface area (Å²) in [6.07, 6.45) is 0.191. The predicted octanol–water partition coefficient (Wildman–Crippen LogP) is 0.873. The molecule has 0 heterocycles.